The van der Waals surface area contributed by atoms with Crippen molar-refractivity contribution in [2.75, 3.05) is 36.8 Å². The van der Waals surface area contributed by atoms with Gasteiger partial charge in [0.05, 0.1) is 11.8 Å². The molecule has 3 aromatic rings. The molecule has 1 saturated heterocycles. The van der Waals surface area contributed by atoms with Crippen molar-refractivity contribution >= 4 is 41.1 Å². The summed E-state index contributed by atoms with van der Waals surface area (Å²) in [6.07, 6.45) is 2.71. The number of hydrogen-bond donors (Lipinski definition) is 2. The molecule has 0 aliphatic carbocycles. The first-order chi connectivity index (χ1) is 19.4. The van der Waals surface area contributed by atoms with Gasteiger partial charge in [-0.2, -0.15) is 0 Å². The van der Waals surface area contributed by atoms with Crippen LogP contribution >= 0.6 is 23.4 Å². The Balaban J connectivity index is 1.35. The number of anilines is 1. The molecule has 2 aromatic carbocycles. The normalized spacial score (nSPS) is 15.9. The smallest absolute Gasteiger partial charge is 0.317 e. The van der Waals surface area contributed by atoms with Crippen LogP contribution in [0.2, 0.25) is 5.15 Å². The number of piperazine rings is 1. The van der Waals surface area contributed by atoms with Crippen LogP contribution in [0, 0.1) is 0 Å². The predicted octanol–water partition coefficient (Wildman–Crippen LogP) is 5.34. The largest absolute Gasteiger partial charge is 0.353 e. The van der Waals surface area contributed by atoms with Crippen LogP contribution in [-0.4, -0.2) is 64.8 Å². The second-order valence-corrected chi connectivity index (χ2v) is 11.2. The lowest BCUT2D eigenvalue weighted by molar-refractivity contribution is -0.119. The Morgan fingerprint density at radius 2 is 1.80 bits per heavy atom. The molecule has 0 radical (unpaired) electrons. The van der Waals surface area contributed by atoms with Crippen LogP contribution in [0.5, 0.6) is 0 Å². The predicted molar refractivity (Wildman–Crippen MR) is 162 cm³/mol. The van der Waals surface area contributed by atoms with E-state index >= 15 is 0 Å². The van der Waals surface area contributed by atoms with Crippen molar-refractivity contribution in [3.63, 3.8) is 0 Å². The molecule has 2 unspecified atom stereocenters. The molecule has 1 aliphatic rings. The van der Waals surface area contributed by atoms with Crippen molar-refractivity contribution < 1.29 is 9.59 Å². The molecule has 0 bridgehead atoms. The van der Waals surface area contributed by atoms with Gasteiger partial charge in [-0.1, -0.05) is 97.4 Å². The number of halogens is 1. The first-order valence-corrected chi connectivity index (χ1v) is 15.1. The van der Waals surface area contributed by atoms with E-state index in [4.69, 9.17) is 16.6 Å². The molecule has 212 valence electrons. The fourth-order valence-electron chi connectivity index (χ4n) is 4.71. The highest BCUT2D eigenvalue weighted by Crippen LogP contribution is 2.25. The molecule has 1 fully saturated rings. The molecule has 40 heavy (non-hydrogen) atoms. The fraction of sp³-hybridized carbons (Fsp3) is 0.400. The van der Waals surface area contributed by atoms with Gasteiger partial charge in [-0.25, -0.2) is 14.8 Å². The average Bonchev–Trinajstić information content (AvgIpc) is 2.96. The topological polar surface area (TPSA) is 90.5 Å². The first kappa shape index (κ1) is 29.7. The molecule has 10 heteroatoms. The summed E-state index contributed by atoms with van der Waals surface area (Å²) >= 11 is 7.62. The molecule has 0 saturated carbocycles. The van der Waals surface area contributed by atoms with E-state index in [1.165, 1.54) is 11.8 Å². The van der Waals surface area contributed by atoms with Crippen LogP contribution in [0.1, 0.15) is 43.9 Å². The third kappa shape index (κ3) is 8.60. The summed E-state index contributed by atoms with van der Waals surface area (Å²) in [7, 11) is 0. The SMILES string of the molecule is CCCCNC(=O)N1CCN(c2cc(Cl)nc(SCC(=O)NC(Cc3ccccc3)c3ccccc3)n2)CC1C. The molecule has 8 nitrogen and oxygen atoms in total. The summed E-state index contributed by atoms with van der Waals surface area (Å²) in [5.41, 5.74) is 2.21. The molecule has 0 spiro atoms. The van der Waals surface area contributed by atoms with Crippen molar-refractivity contribution in [2.24, 2.45) is 0 Å². The van der Waals surface area contributed by atoms with Crippen LogP contribution < -0.4 is 15.5 Å². The maximum Gasteiger partial charge on any atom is 0.317 e. The maximum absolute atomic E-state index is 13.0. The van der Waals surface area contributed by atoms with E-state index in [2.05, 4.69) is 39.6 Å². The number of unbranched alkanes of at least 4 members (excludes halogenated alkanes) is 1. The number of aromatic nitrogens is 2. The number of benzene rings is 2. The van der Waals surface area contributed by atoms with Gasteiger partial charge in [-0.3, -0.25) is 4.79 Å². The number of carbonyl (C=O) groups excluding carboxylic acids is 2. The molecular formula is C30H37ClN6O2S. The van der Waals surface area contributed by atoms with Crippen molar-refractivity contribution in [3.05, 3.63) is 83.0 Å². The minimum absolute atomic E-state index is 0.0190. The zero-order valence-corrected chi connectivity index (χ0v) is 24.6. The van der Waals surface area contributed by atoms with Crippen LogP contribution in [0.3, 0.4) is 0 Å². The van der Waals surface area contributed by atoms with Crippen LogP contribution in [0.25, 0.3) is 0 Å². The van der Waals surface area contributed by atoms with E-state index in [0.717, 1.165) is 24.0 Å². The summed E-state index contributed by atoms with van der Waals surface area (Å²) in [5, 5.41) is 6.96. The number of thioether (sulfide) groups is 1. The molecule has 4 rings (SSSR count). The number of amides is 3. The standard InChI is InChI=1S/C30H37ClN6O2S/c1-3-4-15-32-30(39)37-17-16-36(20-22(37)2)27-19-26(31)34-29(35-27)40-21-28(38)33-25(24-13-9-6-10-14-24)18-23-11-7-5-8-12-23/h5-14,19,22,25H,3-4,15-18,20-21H2,1-2H3,(H,32,39)(H,33,38). The number of rotatable bonds is 11. The Kier molecular flexibility index (Phi) is 11.1. The molecule has 3 amide bonds. The number of nitrogens with one attached hydrogen (secondary N) is 2. The third-order valence-corrected chi connectivity index (χ3v) is 7.87. The van der Waals surface area contributed by atoms with Crippen molar-refractivity contribution in [3.8, 4) is 0 Å². The van der Waals surface area contributed by atoms with Gasteiger partial charge in [-0.05, 0) is 30.9 Å². The Morgan fingerprint density at radius 1 is 1.07 bits per heavy atom. The van der Waals surface area contributed by atoms with E-state index < -0.39 is 0 Å². The minimum Gasteiger partial charge on any atom is -0.353 e. The number of hydrogen-bond acceptors (Lipinski definition) is 6. The number of nitrogens with zero attached hydrogens (tertiary/aromatic N) is 4. The molecule has 1 aliphatic heterocycles. The van der Waals surface area contributed by atoms with Crippen molar-refractivity contribution in [1.29, 1.82) is 0 Å². The summed E-state index contributed by atoms with van der Waals surface area (Å²) in [6, 6.07) is 21.7. The van der Waals surface area contributed by atoms with Gasteiger partial charge >= 0.3 is 6.03 Å². The lowest BCUT2D eigenvalue weighted by Crippen LogP contribution is -2.56. The molecular weight excluding hydrogens is 544 g/mol. The van der Waals surface area contributed by atoms with Gasteiger partial charge in [0.1, 0.15) is 11.0 Å². The van der Waals surface area contributed by atoms with Crippen molar-refractivity contribution in [1.82, 2.24) is 25.5 Å². The van der Waals surface area contributed by atoms with Gasteiger partial charge < -0.3 is 20.4 Å². The molecule has 2 heterocycles. The maximum atomic E-state index is 13.0. The van der Waals surface area contributed by atoms with E-state index in [-0.39, 0.29) is 29.8 Å². The van der Waals surface area contributed by atoms with Crippen LogP contribution in [0.4, 0.5) is 10.6 Å². The van der Waals surface area contributed by atoms with E-state index in [1.54, 1.807) is 6.07 Å². The highest BCUT2D eigenvalue weighted by molar-refractivity contribution is 7.99. The second-order valence-electron chi connectivity index (χ2n) is 9.91. The van der Waals surface area contributed by atoms with Crippen molar-refractivity contribution in [2.45, 2.75) is 50.4 Å². The summed E-state index contributed by atoms with van der Waals surface area (Å²) < 4.78 is 0. The van der Waals surface area contributed by atoms with Gasteiger partial charge in [0, 0.05) is 38.3 Å². The highest BCUT2D eigenvalue weighted by Gasteiger charge is 2.28. The summed E-state index contributed by atoms with van der Waals surface area (Å²) in [4.78, 5) is 38.6. The quantitative estimate of drug-likeness (QED) is 0.138. The lowest BCUT2D eigenvalue weighted by Gasteiger charge is -2.40. The number of carbonyl (C=O) groups is 2. The average molecular weight is 581 g/mol. The highest BCUT2D eigenvalue weighted by atomic mass is 35.5. The summed E-state index contributed by atoms with van der Waals surface area (Å²) in [5.74, 6) is 0.767. The molecule has 2 atom stereocenters. The monoisotopic (exact) mass is 580 g/mol. The first-order valence-electron chi connectivity index (χ1n) is 13.8. The Morgan fingerprint density at radius 3 is 2.50 bits per heavy atom. The third-order valence-electron chi connectivity index (χ3n) is 6.83. The van der Waals surface area contributed by atoms with Crippen LogP contribution in [0.15, 0.2) is 71.9 Å². The lowest BCUT2D eigenvalue weighted by atomic mass is 9.99. The Bertz CT molecular complexity index is 1250. The number of urea groups is 1. The zero-order chi connectivity index (χ0) is 28.3. The Labute approximate surface area is 245 Å². The van der Waals surface area contributed by atoms with E-state index in [0.29, 0.717) is 48.7 Å². The van der Waals surface area contributed by atoms with Gasteiger partial charge in [0.25, 0.3) is 0 Å². The fourth-order valence-corrected chi connectivity index (χ4v) is 5.60. The second kappa shape index (κ2) is 14.9. The zero-order valence-electron chi connectivity index (χ0n) is 23.1. The van der Waals surface area contributed by atoms with Gasteiger partial charge in [-0.15, -0.1) is 0 Å². The molecule has 1 aromatic heterocycles. The molecule has 2 N–H and O–H groups in total. The van der Waals surface area contributed by atoms with E-state index in [9.17, 15) is 9.59 Å². The van der Waals surface area contributed by atoms with Crippen LogP contribution in [-0.2, 0) is 11.2 Å². The minimum atomic E-state index is -0.149. The van der Waals surface area contributed by atoms with Gasteiger partial charge in [0.2, 0.25) is 5.91 Å². The Hall–Kier alpha value is -3.30. The van der Waals surface area contributed by atoms with E-state index in [1.807, 2.05) is 60.4 Å². The van der Waals surface area contributed by atoms with Gasteiger partial charge in [0.15, 0.2) is 5.16 Å². The summed E-state index contributed by atoms with van der Waals surface area (Å²) in [6.45, 7) is 6.70.